The van der Waals surface area contributed by atoms with Crippen molar-refractivity contribution in [3.63, 3.8) is 0 Å². The molecule has 2 aromatic heterocycles. The van der Waals surface area contributed by atoms with Crippen molar-refractivity contribution >= 4 is 5.91 Å². The third-order valence-electron chi connectivity index (χ3n) is 5.19. The molecule has 2 aliphatic rings. The van der Waals surface area contributed by atoms with Gasteiger partial charge in [-0.15, -0.1) is 0 Å². The molecule has 2 aromatic rings. The standard InChI is InChI=1S/C19H22N4O2/c24-17-10-15(14-11-20-13-21-12-14)18(16-6-2-5-9-23(16)17)19(25)22-7-3-1-4-8-22/h10-13H,1-9H2. The Morgan fingerprint density at radius 2 is 1.68 bits per heavy atom. The number of hydrogen-bond donors (Lipinski definition) is 0. The van der Waals surface area contributed by atoms with Gasteiger partial charge in [0.15, 0.2) is 0 Å². The predicted octanol–water partition coefficient (Wildman–Crippen LogP) is 2.27. The Labute approximate surface area is 146 Å². The number of pyridine rings is 1. The number of hydrogen-bond acceptors (Lipinski definition) is 4. The number of nitrogens with zero attached hydrogens (tertiary/aromatic N) is 4. The van der Waals surface area contributed by atoms with Crippen LogP contribution >= 0.6 is 0 Å². The highest BCUT2D eigenvalue weighted by molar-refractivity contribution is 6.02. The lowest BCUT2D eigenvalue weighted by Gasteiger charge is -2.30. The lowest BCUT2D eigenvalue weighted by atomic mass is 9.94. The third kappa shape index (κ3) is 2.97. The van der Waals surface area contributed by atoms with Crippen LogP contribution in [0, 0.1) is 0 Å². The Bertz CT molecular complexity index is 838. The van der Waals surface area contributed by atoms with E-state index in [9.17, 15) is 9.59 Å². The highest BCUT2D eigenvalue weighted by atomic mass is 16.2. The molecule has 1 fully saturated rings. The van der Waals surface area contributed by atoms with Crippen LogP contribution < -0.4 is 5.56 Å². The monoisotopic (exact) mass is 338 g/mol. The van der Waals surface area contributed by atoms with Gasteiger partial charge in [0.2, 0.25) is 0 Å². The quantitative estimate of drug-likeness (QED) is 0.842. The number of fused-ring (bicyclic) bond motifs is 1. The Morgan fingerprint density at radius 1 is 0.960 bits per heavy atom. The first-order chi connectivity index (χ1) is 12.3. The van der Waals surface area contributed by atoms with Crippen LogP contribution in [0.25, 0.3) is 11.1 Å². The number of piperidine rings is 1. The average Bonchev–Trinajstić information content (AvgIpc) is 2.69. The second-order valence-corrected chi connectivity index (χ2v) is 6.81. The maximum Gasteiger partial charge on any atom is 0.256 e. The Balaban J connectivity index is 1.90. The Morgan fingerprint density at radius 3 is 2.44 bits per heavy atom. The number of rotatable bonds is 2. The molecule has 0 radical (unpaired) electrons. The van der Waals surface area contributed by atoms with Crippen molar-refractivity contribution in [1.29, 1.82) is 0 Å². The molecule has 4 heterocycles. The highest BCUT2D eigenvalue weighted by Gasteiger charge is 2.28. The summed E-state index contributed by atoms with van der Waals surface area (Å²) in [6.45, 7) is 2.28. The largest absolute Gasteiger partial charge is 0.339 e. The van der Waals surface area contributed by atoms with E-state index in [1.807, 2.05) is 4.90 Å². The summed E-state index contributed by atoms with van der Waals surface area (Å²) >= 11 is 0. The summed E-state index contributed by atoms with van der Waals surface area (Å²) in [5, 5.41) is 0. The van der Waals surface area contributed by atoms with E-state index in [2.05, 4.69) is 9.97 Å². The highest BCUT2D eigenvalue weighted by Crippen LogP contribution is 2.29. The lowest BCUT2D eigenvalue weighted by Crippen LogP contribution is -2.38. The van der Waals surface area contributed by atoms with Gasteiger partial charge in [-0.2, -0.15) is 0 Å². The van der Waals surface area contributed by atoms with Crippen LogP contribution in [-0.2, 0) is 13.0 Å². The fraction of sp³-hybridized carbons (Fsp3) is 0.474. The van der Waals surface area contributed by atoms with E-state index in [0.29, 0.717) is 17.7 Å². The second kappa shape index (κ2) is 6.78. The Hall–Kier alpha value is -2.50. The van der Waals surface area contributed by atoms with Crippen LogP contribution in [0.4, 0.5) is 0 Å². The normalized spacial score (nSPS) is 17.2. The maximum absolute atomic E-state index is 13.3. The van der Waals surface area contributed by atoms with Crippen LogP contribution in [0.5, 0.6) is 0 Å². The summed E-state index contributed by atoms with van der Waals surface area (Å²) in [6.07, 6.45) is 10.8. The van der Waals surface area contributed by atoms with Crippen molar-refractivity contribution < 1.29 is 4.79 Å². The van der Waals surface area contributed by atoms with E-state index in [1.54, 1.807) is 23.0 Å². The zero-order chi connectivity index (χ0) is 17.2. The lowest BCUT2D eigenvalue weighted by molar-refractivity contribution is 0.0722. The molecule has 1 amide bonds. The number of amides is 1. The summed E-state index contributed by atoms with van der Waals surface area (Å²) < 4.78 is 1.79. The van der Waals surface area contributed by atoms with E-state index in [-0.39, 0.29) is 11.5 Å². The minimum atomic E-state index is -0.0382. The molecule has 0 unspecified atom stereocenters. The molecule has 0 atom stereocenters. The van der Waals surface area contributed by atoms with Gasteiger partial charge in [0.05, 0.1) is 5.56 Å². The van der Waals surface area contributed by atoms with Crippen molar-refractivity contribution in [3.05, 3.63) is 46.4 Å². The molecule has 0 bridgehead atoms. The third-order valence-corrected chi connectivity index (χ3v) is 5.19. The van der Waals surface area contributed by atoms with Crippen molar-refractivity contribution in [3.8, 4) is 11.1 Å². The minimum absolute atomic E-state index is 0.0382. The molecule has 0 saturated carbocycles. The topological polar surface area (TPSA) is 68.1 Å². The van der Waals surface area contributed by atoms with E-state index in [0.717, 1.165) is 56.5 Å². The zero-order valence-electron chi connectivity index (χ0n) is 14.3. The molecule has 0 aromatic carbocycles. The first-order valence-corrected chi connectivity index (χ1v) is 9.07. The smallest absolute Gasteiger partial charge is 0.256 e. The van der Waals surface area contributed by atoms with Gasteiger partial charge in [-0.1, -0.05) is 0 Å². The molecule has 0 N–H and O–H groups in total. The summed E-state index contributed by atoms with van der Waals surface area (Å²) in [4.78, 5) is 36.0. The van der Waals surface area contributed by atoms with E-state index >= 15 is 0 Å². The maximum atomic E-state index is 13.3. The van der Waals surface area contributed by atoms with E-state index < -0.39 is 0 Å². The van der Waals surface area contributed by atoms with Crippen LogP contribution in [0.1, 0.15) is 48.2 Å². The van der Waals surface area contributed by atoms with Gasteiger partial charge >= 0.3 is 0 Å². The van der Waals surface area contributed by atoms with Gasteiger partial charge in [-0.05, 0) is 38.5 Å². The zero-order valence-corrected chi connectivity index (χ0v) is 14.3. The Kier molecular flexibility index (Phi) is 4.34. The molecule has 6 heteroatoms. The summed E-state index contributed by atoms with van der Waals surface area (Å²) in [5.74, 6) is 0.0456. The van der Waals surface area contributed by atoms with Crippen LogP contribution in [-0.4, -0.2) is 38.4 Å². The predicted molar refractivity (Wildman–Crippen MR) is 94.4 cm³/mol. The molecule has 25 heavy (non-hydrogen) atoms. The molecule has 0 spiro atoms. The van der Waals surface area contributed by atoms with Gasteiger partial charge in [0.1, 0.15) is 6.33 Å². The van der Waals surface area contributed by atoms with E-state index in [4.69, 9.17) is 0 Å². The summed E-state index contributed by atoms with van der Waals surface area (Å²) in [5.41, 5.74) is 2.93. The van der Waals surface area contributed by atoms with Crippen LogP contribution in [0.2, 0.25) is 0 Å². The molecule has 6 nitrogen and oxygen atoms in total. The first-order valence-electron chi connectivity index (χ1n) is 9.07. The van der Waals surface area contributed by atoms with Gasteiger partial charge in [-0.3, -0.25) is 9.59 Å². The van der Waals surface area contributed by atoms with Crippen molar-refractivity contribution in [1.82, 2.24) is 19.4 Å². The molecule has 0 aliphatic carbocycles. The molecule has 1 saturated heterocycles. The summed E-state index contributed by atoms with van der Waals surface area (Å²) in [7, 11) is 0. The SMILES string of the molecule is O=C(c1c(-c2cncnc2)cc(=O)n2c1CCCC2)N1CCCCC1. The van der Waals surface area contributed by atoms with Crippen LogP contribution in [0.15, 0.2) is 29.6 Å². The van der Waals surface area contributed by atoms with Gasteiger partial charge in [-0.25, -0.2) is 9.97 Å². The fourth-order valence-corrected chi connectivity index (χ4v) is 3.92. The van der Waals surface area contributed by atoms with Gasteiger partial charge in [0.25, 0.3) is 11.5 Å². The second-order valence-electron chi connectivity index (χ2n) is 6.81. The summed E-state index contributed by atoms with van der Waals surface area (Å²) in [6, 6.07) is 1.59. The van der Waals surface area contributed by atoms with Crippen molar-refractivity contribution in [2.45, 2.75) is 45.1 Å². The first kappa shape index (κ1) is 16.0. The number of carbonyl (C=O) groups is 1. The number of aromatic nitrogens is 3. The molecular weight excluding hydrogens is 316 g/mol. The number of likely N-dealkylation sites (tertiary alicyclic amines) is 1. The van der Waals surface area contributed by atoms with Gasteiger partial charge < -0.3 is 9.47 Å². The van der Waals surface area contributed by atoms with E-state index in [1.165, 1.54) is 12.7 Å². The molecule has 2 aliphatic heterocycles. The molecular formula is C19H22N4O2. The average molecular weight is 338 g/mol. The fourth-order valence-electron chi connectivity index (χ4n) is 3.92. The van der Waals surface area contributed by atoms with Crippen LogP contribution in [0.3, 0.4) is 0 Å². The van der Waals surface area contributed by atoms with Gasteiger partial charge in [0, 0.05) is 54.9 Å². The van der Waals surface area contributed by atoms with Crippen molar-refractivity contribution in [2.75, 3.05) is 13.1 Å². The number of carbonyl (C=O) groups excluding carboxylic acids is 1. The minimum Gasteiger partial charge on any atom is -0.339 e. The molecule has 4 rings (SSSR count). The van der Waals surface area contributed by atoms with Crippen molar-refractivity contribution in [2.24, 2.45) is 0 Å². The molecule has 130 valence electrons.